The van der Waals surface area contributed by atoms with Crippen molar-refractivity contribution in [2.45, 2.75) is 98.2 Å². The molecule has 0 spiro atoms. The number of rotatable bonds is 6. The van der Waals surface area contributed by atoms with E-state index in [9.17, 15) is 24.9 Å². The van der Waals surface area contributed by atoms with Gasteiger partial charge in [-0.15, -0.1) is 0 Å². The first-order valence-corrected chi connectivity index (χ1v) is 13.5. The Bertz CT molecular complexity index is 954. The number of fused-ring (bicyclic) bond motifs is 4. The van der Waals surface area contributed by atoms with Crippen LogP contribution in [0.4, 0.5) is 0 Å². The number of carboxylic acid groups (broad SMARTS) is 1. The summed E-state index contributed by atoms with van der Waals surface area (Å²) in [5.41, 5.74) is 2.17. The van der Waals surface area contributed by atoms with E-state index in [-0.39, 0.29) is 23.2 Å². The van der Waals surface area contributed by atoms with E-state index >= 15 is 0 Å². The first-order chi connectivity index (χ1) is 16.4. The predicted molar refractivity (Wildman–Crippen MR) is 137 cm³/mol. The number of aliphatic hydroxyl groups is 2. The van der Waals surface area contributed by atoms with Gasteiger partial charge in [0.25, 0.3) is 0 Å². The van der Waals surface area contributed by atoms with Crippen molar-refractivity contribution in [1.29, 1.82) is 0 Å². The minimum absolute atomic E-state index is 0.0353. The molecule has 0 aliphatic heterocycles. The minimum atomic E-state index is -0.772. The topological polar surface area (TPSA) is 94.8 Å². The van der Waals surface area contributed by atoms with Crippen LogP contribution in [0.3, 0.4) is 0 Å². The van der Waals surface area contributed by atoms with Crippen LogP contribution in [-0.4, -0.2) is 39.8 Å². The maximum Gasteiger partial charge on any atom is 0.306 e. The quantitative estimate of drug-likeness (QED) is 0.343. The van der Waals surface area contributed by atoms with Crippen LogP contribution in [0.15, 0.2) is 34.9 Å². The molecule has 3 N–H and O–H groups in total. The molecule has 0 heterocycles. The number of allylic oxidation sites excluding steroid dienone is 5. The Hall–Kier alpha value is -1.72. The fourth-order valence-corrected chi connectivity index (χ4v) is 8.52. The first kappa shape index (κ1) is 26.3. The fourth-order valence-electron chi connectivity index (χ4n) is 8.52. The van der Waals surface area contributed by atoms with E-state index in [2.05, 4.69) is 25.2 Å². The number of aliphatic carboxylic acids is 1. The number of hydrogen-bond acceptors (Lipinski definition) is 4. The smallest absolute Gasteiger partial charge is 0.306 e. The Labute approximate surface area is 210 Å². The molecule has 0 aromatic carbocycles. The van der Waals surface area contributed by atoms with Gasteiger partial charge in [-0.25, -0.2) is 0 Å². The summed E-state index contributed by atoms with van der Waals surface area (Å²) in [4.78, 5) is 25.5. The predicted octanol–water partition coefficient (Wildman–Crippen LogP) is 5.47. The van der Waals surface area contributed by atoms with Gasteiger partial charge in [-0.05, 0) is 99.4 Å². The number of aldehydes is 1. The molecule has 4 rings (SSSR count). The van der Waals surface area contributed by atoms with Gasteiger partial charge in [-0.3, -0.25) is 4.79 Å². The van der Waals surface area contributed by atoms with Gasteiger partial charge in [-0.1, -0.05) is 50.1 Å². The van der Waals surface area contributed by atoms with Crippen molar-refractivity contribution in [2.75, 3.05) is 0 Å². The lowest BCUT2D eigenvalue weighted by Gasteiger charge is -2.52. The third kappa shape index (κ3) is 4.07. The average molecular weight is 485 g/mol. The summed E-state index contributed by atoms with van der Waals surface area (Å²) in [5, 5.41) is 31.5. The van der Waals surface area contributed by atoms with Crippen molar-refractivity contribution >= 4 is 12.3 Å². The van der Waals surface area contributed by atoms with Gasteiger partial charge in [0.15, 0.2) is 0 Å². The van der Waals surface area contributed by atoms with Crippen LogP contribution in [0.5, 0.6) is 0 Å². The van der Waals surface area contributed by atoms with Crippen LogP contribution < -0.4 is 0 Å². The fraction of sp³-hybridized carbons (Fsp3) is 0.733. The van der Waals surface area contributed by atoms with E-state index < -0.39 is 34.9 Å². The van der Waals surface area contributed by atoms with E-state index in [1.54, 1.807) is 0 Å². The SMILES string of the molecule is CC(C)=CCCC(C(=O)O)C1CCC2(C=O)C3CCC4C(=CC3=CCC12C)CC(O)C(O)C4(C)C. The van der Waals surface area contributed by atoms with Crippen LogP contribution in [0.2, 0.25) is 0 Å². The van der Waals surface area contributed by atoms with Crippen molar-refractivity contribution in [2.24, 2.45) is 39.9 Å². The zero-order valence-electron chi connectivity index (χ0n) is 22.1. The van der Waals surface area contributed by atoms with Crippen molar-refractivity contribution < 1.29 is 24.9 Å². The molecule has 0 aromatic rings. The molecule has 5 nitrogen and oxygen atoms in total. The molecule has 2 fully saturated rings. The highest BCUT2D eigenvalue weighted by Gasteiger charge is 2.64. The highest BCUT2D eigenvalue weighted by Crippen LogP contribution is 2.68. The minimum Gasteiger partial charge on any atom is -0.481 e. The van der Waals surface area contributed by atoms with Crippen molar-refractivity contribution in [3.05, 3.63) is 34.9 Å². The number of carbonyl (C=O) groups excluding carboxylic acids is 1. The molecular formula is C30H44O5. The van der Waals surface area contributed by atoms with Crippen LogP contribution in [0, 0.1) is 39.9 Å². The molecule has 0 amide bonds. The first-order valence-electron chi connectivity index (χ1n) is 13.5. The molecule has 0 radical (unpaired) electrons. The Morgan fingerprint density at radius 2 is 1.83 bits per heavy atom. The van der Waals surface area contributed by atoms with Gasteiger partial charge in [0, 0.05) is 5.41 Å². The summed E-state index contributed by atoms with van der Waals surface area (Å²) < 4.78 is 0. The van der Waals surface area contributed by atoms with E-state index in [0.29, 0.717) is 19.3 Å². The lowest BCUT2D eigenvalue weighted by Crippen LogP contribution is -2.50. The molecule has 2 saturated carbocycles. The normalized spacial score (nSPS) is 40.7. The number of hydrogen-bond donors (Lipinski definition) is 3. The zero-order chi connectivity index (χ0) is 25.8. The van der Waals surface area contributed by atoms with E-state index in [0.717, 1.165) is 32.1 Å². The molecule has 0 bridgehead atoms. The van der Waals surface area contributed by atoms with Crippen LogP contribution in [-0.2, 0) is 9.59 Å². The summed E-state index contributed by atoms with van der Waals surface area (Å²) in [7, 11) is 0. The van der Waals surface area contributed by atoms with Gasteiger partial charge in [0.05, 0.1) is 18.1 Å². The summed E-state index contributed by atoms with van der Waals surface area (Å²) in [5.74, 6) is -1.02. The van der Waals surface area contributed by atoms with Crippen LogP contribution in [0.1, 0.15) is 86.0 Å². The largest absolute Gasteiger partial charge is 0.481 e. The van der Waals surface area contributed by atoms with E-state index in [4.69, 9.17) is 0 Å². The number of carbonyl (C=O) groups is 2. The van der Waals surface area contributed by atoms with Gasteiger partial charge >= 0.3 is 5.97 Å². The molecule has 35 heavy (non-hydrogen) atoms. The monoisotopic (exact) mass is 484 g/mol. The summed E-state index contributed by atoms with van der Waals surface area (Å²) >= 11 is 0. The Kier molecular flexibility index (Phi) is 7.00. The summed E-state index contributed by atoms with van der Waals surface area (Å²) in [6, 6.07) is 0. The lowest BCUT2D eigenvalue weighted by atomic mass is 9.50. The maximum atomic E-state index is 13.0. The molecule has 4 aliphatic rings. The molecule has 4 aliphatic carbocycles. The summed E-state index contributed by atoms with van der Waals surface area (Å²) in [6.07, 6.45) is 12.0. The second-order valence-electron chi connectivity index (χ2n) is 12.9. The zero-order valence-corrected chi connectivity index (χ0v) is 22.1. The summed E-state index contributed by atoms with van der Waals surface area (Å²) in [6.45, 7) is 10.3. The lowest BCUT2D eigenvalue weighted by molar-refractivity contribution is -0.148. The second kappa shape index (κ2) is 9.30. The van der Waals surface area contributed by atoms with Gasteiger partial charge in [-0.2, -0.15) is 0 Å². The molecule has 5 heteroatoms. The standard InChI is InChI=1S/C30H44O5/c1-18(2)7-6-8-21(27(34)35)24-12-14-30(17-31)23-10-9-22-20(15-19(23)11-13-29(24,30)5)16-25(32)26(33)28(22,3)4/h7,11,15,17,21-26,32-33H,6,8-10,12-14,16H2,1-5H3,(H,34,35). The average Bonchev–Trinajstić information content (AvgIpc) is 2.95. The molecular weight excluding hydrogens is 440 g/mol. The number of aliphatic hydroxyl groups excluding tert-OH is 2. The van der Waals surface area contributed by atoms with Gasteiger partial charge in [0.2, 0.25) is 0 Å². The molecule has 194 valence electrons. The third-order valence-electron chi connectivity index (χ3n) is 10.6. The highest BCUT2D eigenvalue weighted by atomic mass is 16.4. The Morgan fingerprint density at radius 1 is 1.14 bits per heavy atom. The molecule has 0 saturated heterocycles. The van der Waals surface area contributed by atoms with Crippen molar-refractivity contribution in [3.63, 3.8) is 0 Å². The maximum absolute atomic E-state index is 13.0. The Balaban J connectivity index is 1.70. The molecule has 8 unspecified atom stereocenters. The molecule has 0 aromatic heterocycles. The third-order valence-corrected chi connectivity index (χ3v) is 10.6. The van der Waals surface area contributed by atoms with Gasteiger partial charge < -0.3 is 20.1 Å². The van der Waals surface area contributed by atoms with Crippen molar-refractivity contribution in [3.8, 4) is 0 Å². The van der Waals surface area contributed by atoms with E-state index in [1.165, 1.54) is 23.0 Å². The number of carboxylic acids is 1. The highest BCUT2D eigenvalue weighted by molar-refractivity contribution is 5.72. The van der Waals surface area contributed by atoms with Gasteiger partial charge in [0.1, 0.15) is 6.29 Å². The van der Waals surface area contributed by atoms with Crippen LogP contribution in [0.25, 0.3) is 0 Å². The Morgan fingerprint density at radius 3 is 2.46 bits per heavy atom. The van der Waals surface area contributed by atoms with Crippen LogP contribution >= 0.6 is 0 Å². The molecule has 8 atom stereocenters. The second-order valence-corrected chi connectivity index (χ2v) is 12.9. The van der Waals surface area contributed by atoms with E-state index in [1.807, 2.05) is 27.7 Å². The van der Waals surface area contributed by atoms with Crippen molar-refractivity contribution in [1.82, 2.24) is 0 Å².